The predicted octanol–water partition coefficient (Wildman–Crippen LogP) is 15.8. The van der Waals surface area contributed by atoms with Crippen LogP contribution >= 0.6 is 0 Å². The second-order valence-electron chi connectivity index (χ2n) is 17.8. The Bertz CT molecular complexity index is 856. The van der Waals surface area contributed by atoms with Crippen molar-refractivity contribution in [2.45, 2.75) is 278 Å². The first-order chi connectivity index (χ1) is 27.3. The van der Waals surface area contributed by atoms with Gasteiger partial charge in [-0.1, -0.05) is 234 Å². The molecule has 0 heterocycles. The van der Waals surface area contributed by atoms with Crippen molar-refractivity contribution >= 4 is 17.9 Å². The molecule has 2 atom stereocenters. The van der Waals surface area contributed by atoms with Crippen LogP contribution in [0.2, 0.25) is 0 Å². The van der Waals surface area contributed by atoms with Gasteiger partial charge in [-0.05, 0) is 31.1 Å². The van der Waals surface area contributed by atoms with Crippen molar-refractivity contribution < 1.29 is 28.6 Å². The maximum Gasteiger partial charge on any atom is 0.306 e. The molecule has 332 valence electrons. The molecule has 0 amide bonds. The lowest BCUT2D eigenvalue weighted by Crippen LogP contribution is -2.30. The number of carbonyl (C=O) groups is 3. The molecule has 0 aromatic rings. The molecular formula is C50H96O6. The van der Waals surface area contributed by atoms with Gasteiger partial charge in [0.2, 0.25) is 0 Å². The van der Waals surface area contributed by atoms with Crippen molar-refractivity contribution in [1.29, 1.82) is 0 Å². The third-order valence-electron chi connectivity index (χ3n) is 11.6. The van der Waals surface area contributed by atoms with E-state index in [1.54, 1.807) is 0 Å². The molecule has 0 radical (unpaired) electrons. The Morgan fingerprint density at radius 2 is 0.679 bits per heavy atom. The quantitative estimate of drug-likeness (QED) is 0.0347. The zero-order valence-corrected chi connectivity index (χ0v) is 38.3. The molecule has 0 bridgehead atoms. The predicted molar refractivity (Wildman–Crippen MR) is 238 cm³/mol. The van der Waals surface area contributed by atoms with Gasteiger partial charge in [0.1, 0.15) is 13.2 Å². The number of rotatable bonds is 44. The SMILES string of the molecule is CCCCCCCCCCCCCC(=O)OC[C@H](COC(=O)CCCCCCCCC(C)C)OC(=O)CCCCCCCCCCCCCCCCC(C)CC. The first-order valence-corrected chi connectivity index (χ1v) is 24.8. The molecule has 0 aromatic carbocycles. The number of carbonyl (C=O) groups excluding carboxylic acids is 3. The molecule has 0 saturated heterocycles. The summed E-state index contributed by atoms with van der Waals surface area (Å²) in [5.74, 6) is 0.801. The third-order valence-corrected chi connectivity index (χ3v) is 11.6. The van der Waals surface area contributed by atoms with Crippen LogP contribution in [0.5, 0.6) is 0 Å². The normalized spacial score (nSPS) is 12.5. The molecule has 56 heavy (non-hydrogen) atoms. The number of esters is 3. The molecule has 6 nitrogen and oxygen atoms in total. The van der Waals surface area contributed by atoms with Crippen LogP contribution in [-0.4, -0.2) is 37.2 Å². The second-order valence-corrected chi connectivity index (χ2v) is 17.8. The van der Waals surface area contributed by atoms with Gasteiger partial charge in [0, 0.05) is 19.3 Å². The van der Waals surface area contributed by atoms with Crippen molar-refractivity contribution in [2.24, 2.45) is 11.8 Å². The molecule has 0 aliphatic rings. The van der Waals surface area contributed by atoms with Gasteiger partial charge in [-0.3, -0.25) is 14.4 Å². The van der Waals surface area contributed by atoms with Crippen LogP contribution in [0.1, 0.15) is 272 Å². The van der Waals surface area contributed by atoms with Crippen LogP contribution in [0.3, 0.4) is 0 Å². The standard InChI is InChI=1S/C50H96O6/c1-6-8-9-10-11-12-17-21-24-30-35-40-48(51)54-43-47(44-55-49(52)41-36-31-27-26-28-33-38-45(3)4)56-50(53)42-37-32-25-22-19-16-14-13-15-18-20-23-29-34-39-46(5)7-2/h45-47H,6-44H2,1-5H3/t46?,47-/m1/s1. The Hall–Kier alpha value is -1.59. The summed E-state index contributed by atoms with van der Waals surface area (Å²) in [6.07, 6.45) is 42.4. The first-order valence-electron chi connectivity index (χ1n) is 24.8. The molecule has 0 N–H and O–H groups in total. The monoisotopic (exact) mass is 793 g/mol. The second kappa shape index (κ2) is 43.0. The molecule has 0 spiro atoms. The molecule has 0 fully saturated rings. The lowest BCUT2D eigenvalue weighted by atomic mass is 9.99. The Morgan fingerprint density at radius 1 is 0.375 bits per heavy atom. The Morgan fingerprint density at radius 3 is 1.02 bits per heavy atom. The zero-order chi connectivity index (χ0) is 41.2. The van der Waals surface area contributed by atoms with Gasteiger partial charge >= 0.3 is 17.9 Å². The van der Waals surface area contributed by atoms with Gasteiger partial charge < -0.3 is 14.2 Å². The van der Waals surface area contributed by atoms with Crippen molar-refractivity contribution in [3.63, 3.8) is 0 Å². The van der Waals surface area contributed by atoms with E-state index in [1.165, 1.54) is 161 Å². The third kappa shape index (κ3) is 42.0. The van der Waals surface area contributed by atoms with Crippen LogP contribution < -0.4 is 0 Å². The van der Waals surface area contributed by atoms with E-state index in [0.717, 1.165) is 69.6 Å². The van der Waals surface area contributed by atoms with Gasteiger partial charge in [0.05, 0.1) is 0 Å². The molecule has 0 rings (SSSR count). The topological polar surface area (TPSA) is 78.9 Å². The van der Waals surface area contributed by atoms with Crippen LogP contribution in [-0.2, 0) is 28.6 Å². The summed E-state index contributed by atoms with van der Waals surface area (Å²) in [7, 11) is 0. The average Bonchev–Trinajstić information content (AvgIpc) is 3.18. The average molecular weight is 793 g/mol. The van der Waals surface area contributed by atoms with Gasteiger partial charge in [0.25, 0.3) is 0 Å². The summed E-state index contributed by atoms with van der Waals surface area (Å²) in [6.45, 7) is 11.3. The number of ether oxygens (including phenoxy) is 3. The van der Waals surface area contributed by atoms with Crippen molar-refractivity contribution in [2.75, 3.05) is 13.2 Å². The van der Waals surface area contributed by atoms with Gasteiger partial charge in [-0.2, -0.15) is 0 Å². The van der Waals surface area contributed by atoms with Crippen molar-refractivity contribution in [3.8, 4) is 0 Å². The Labute approximate surface area is 348 Å². The molecule has 0 aliphatic carbocycles. The number of hydrogen-bond acceptors (Lipinski definition) is 6. The summed E-state index contributed by atoms with van der Waals surface area (Å²) >= 11 is 0. The fraction of sp³-hybridized carbons (Fsp3) is 0.940. The molecular weight excluding hydrogens is 697 g/mol. The Balaban J connectivity index is 4.26. The summed E-state index contributed by atoms with van der Waals surface area (Å²) in [4.78, 5) is 37.8. The fourth-order valence-electron chi connectivity index (χ4n) is 7.43. The minimum atomic E-state index is -0.761. The lowest BCUT2D eigenvalue weighted by molar-refractivity contribution is -0.167. The van der Waals surface area contributed by atoms with Crippen LogP contribution in [0.4, 0.5) is 0 Å². The molecule has 6 heteroatoms. The van der Waals surface area contributed by atoms with E-state index < -0.39 is 6.10 Å². The van der Waals surface area contributed by atoms with E-state index >= 15 is 0 Å². The lowest BCUT2D eigenvalue weighted by Gasteiger charge is -2.18. The first kappa shape index (κ1) is 54.4. The summed E-state index contributed by atoms with van der Waals surface area (Å²) < 4.78 is 16.7. The van der Waals surface area contributed by atoms with Gasteiger partial charge in [-0.25, -0.2) is 0 Å². The van der Waals surface area contributed by atoms with Crippen LogP contribution in [0.25, 0.3) is 0 Å². The highest BCUT2D eigenvalue weighted by molar-refractivity contribution is 5.71. The van der Waals surface area contributed by atoms with E-state index in [9.17, 15) is 14.4 Å². The molecule has 0 saturated carbocycles. The van der Waals surface area contributed by atoms with Crippen LogP contribution in [0, 0.1) is 11.8 Å². The van der Waals surface area contributed by atoms with Crippen LogP contribution in [0.15, 0.2) is 0 Å². The smallest absolute Gasteiger partial charge is 0.306 e. The summed E-state index contributed by atoms with van der Waals surface area (Å²) in [5, 5.41) is 0. The summed E-state index contributed by atoms with van der Waals surface area (Å²) in [6, 6.07) is 0. The highest BCUT2D eigenvalue weighted by atomic mass is 16.6. The Kier molecular flexibility index (Phi) is 41.8. The van der Waals surface area contributed by atoms with Gasteiger partial charge in [0.15, 0.2) is 6.10 Å². The highest BCUT2D eigenvalue weighted by Crippen LogP contribution is 2.17. The van der Waals surface area contributed by atoms with E-state index in [4.69, 9.17) is 14.2 Å². The molecule has 0 aliphatic heterocycles. The zero-order valence-electron chi connectivity index (χ0n) is 38.3. The largest absolute Gasteiger partial charge is 0.462 e. The maximum absolute atomic E-state index is 12.8. The van der Waals surface area contributed by atoms with E-state index in [0.29, 0.717) is 19.3 Å². The maximum atomic E-state index is 12.8. The molecule has 0 aromatic heterocycles. The number of unbranched alkanes of at least 4 members (excludes halogenated alkanes) is 28. The van der Waals surface area contributed by atoms with E-state index in [-0.39, 0.29) is 31.1 Å². The minimum absolute atomic E-state index is 0.0648. The summed E-state index contributed by atoms with van der Waals surface area (Å²) in [5.41, 5.74) is 0. The van der Waals surface area contributed by atoms with E-state index in [2.05, 4.69) is 34.6 Å². The highest BCUT2D eigenvalue weighted by Gasteiger charge is 2.19. The molecule has 1 unspecified atom stereocenters. The fourth-order valence-corrected chi connectivity index (χ4v) is 7.43. The van der Waals surface area contributed by atoms with E-state index in [1.807, 2.05) is 0 Å². The minimum Gasteiger partial charge on any atom is -0.462 e. The van der Waals surface area contributed by atoms with Crippen molar-refractivity contribution in [1.82, 2.24) is 0 Å². The number of hydrogen-bond donors (Lipinski definition) is 0. The van der Waals surface area contributed by atoms with Crippen molar-refractivity contribution in [3.05, 3.63) is 0 Å². The van der Waals surface area contributed by atoms with Gasteiger partial charge in [-0.15, -0.1) is 0 Å².